The largest absolute Gasteiger partial charge is 0.0893 e. The molecule has 0 atom stereocenters. The van der Waals surface area contributed by atoms with E-state index < -0.39 is 0 Å². The number of benzene rings is 8. The second-order valence-corrected chi connectivity index (χ2v) is 13.3. The number of hydrogen-bond donors (Lipinski definition) is 0. The lowest BCUT2D eigenvalue weighted by Crippen LogP contribution is -1.91. The molecule has 0 fully saturated rings. The summed E-state index contributed by atoms with van der Waals surface area (Å²) in [7, 11) is 0. The van der Waals surface area contributed by atoms with Gasteiger partial charge in [-0.05, 0) is 100 Å². The Balaban J connectivity index is 1.11. The van der Waals surface area contributed by atoms with Gasteiger partial charge in [0.05, 0.1) is 6.54 Å². The van der Waals surface area contributed by atoms with Crippen LogP contribution in [0.5, 0.6) is 0 Å². The first-order chi connectivity index (χ1) is 25.7. The molecule has 22 aliphatic carbocycles. The summed E-state index contributed by atoms with van der Waals surface area (Å²) < 4.78 is 0. The van der Waals surface area contributed by atoms with Crippen molar-refractivity contribution in [3.8, 4) is 89.0 Å². The Morgan fingerprint density at radius 1 is 0.288 bits per heavy atom. The molecule has 0 heterocycles. The summed E-state index contributed by atoms with van der Waals surface area (Å²) in [6.07, 6.45) is 0. The molecule has 0 amide bonds. The SMILES string of the molecule is [N-]=[N+]=NCc1cc2ccc1-c1ccc(cc1)-c1ccc(cc1)-c1ccc(cc1)-c1ccc(cc1)-c1ccc(cc1)-c1ccc(cc1)-c1ccc-2cc1. The molecule has 30 rings (SSSR count). The predicted octanol–water partition coefficient (Wildman–Crippen LogP) is 14.1. The topological polar surface area (TPSA) is 48.8 Å². The van der Waals surface area contributed by atoms with Gasteiger partial charge in [0.1, 0.15) is 0 Å². The molecule has 22 aliphatic rings. The fourth-order valence-corrected chi connectivity index (χ4v) is 7.27. The van der Waals surface area contributed by atoms with Crippen molar-refractivity contribution in [3.63, 3.8) is 0 Å². The van der Waals surface area contributed by atoms with Gasteiger partial charge in [-0.25, -0.2) is 0 Å². The van der Waals surface area contributed by atoms with Crippen molar-refractivity contribution in [3.05, 3.63) is 204 Å². The lowest BCUT2D eigenvalue weighted by Gasteiger charge is -2.13. The fourth-order valence-electron chi connectivity index (χ4n) is 7.27. The molecule has 0 saturated carbocycles. The Hall–Kier alpha value is -6.93. The highest BCUT2D eigenvalue weighted by Gasteiger charge is 2.10. The second kappa shape index (κ2) is 13.4. The summed E-state index contributed by atoms with van der Waals surface area (Å²) >= 11 is 0. The van der Waals surface area contributed by atoms with E-state index in [1.807, 2.05) is 0 Å². The molecule has 52 heavy (non-hydrogen) atoms. The molecule has 3 nitrogen and oxygen atoms in total. The van der Waals surface area contributed by atoms with Gasteiger partial charge in [-0.2, -0.15) is 0 Å². The average Bonchev–Trinajstić information content (AvgIpc) is 3.23. The molecule has 3 heteroatoms. The maximum absolute atomic E-state index is 9.17. The molecule has 8 aromatic carbocycles. The van der Waals surface area contributed by atoms with Gasteiger partial charge in [-0.3, -0.25) is 0 Å². The first kappa shape index (κ1) is 31.1. The van der Waals surface area contributed by atoms with Gasteiger partial charge in [0.25, 0.3) is 0 Å². The molecular weight excluding hydrogens is 631 g/mol. The molecule has 0 saturated heterocycles. The molecule has 0 radical (unpaired) electrons. The lowest BCUT2D eigenvalue weighted by molar-refractivity contribution is 1.05. The van der Waals surface area contributed by atoms with Crippen LogP contribution in [0.25, 0.3) is 99.5 Å². The van der Waals surface area contributed by atoms with E-state index in [1.54, 1.807) is 0 Å². The highest BCUT2D eigenvalue weighted by atomic mass is 15.1. The van der Waals surface area contributed by atoms with Gasteiger partial charge in [0.2, 0.25) is 0 Å². The van der Waals surface area contributed by atoms with Gasteiger partial charge < -0.3 is 0 Å². The summed E-state index contributed by atoms with van der Waals surface area (Å²) in [5.74, 6) is 0. The monoisotopic (exact) mass is 663 g/mol. The molecule has 244 valence electrons. The normalized spacial score (nSPS) is 11.2. The van der Waals surface area contributed by atoms with E-state index in [-0.39, 0.29) is 6.54 Å². The van der Waals surface area contributed by atoms with Crippen molar-refractivity contribution in [2.24, 2.45) is 5.11 Å². The van der Waals surface area contributed by atoms with Crippen LogP contribution >= 0.6 is 0 Å². The highest BCUT2D eigenvalue weighted by Crippen LogP contribution is 2.35. The first-order valence-corrected chi connectivity index (χ1v) is 17.6. The van der Waals surface area contributed by atoms with Gasteiger partial charge in [0, 0.05) is 4.91 Å². The van der Waals surface area contributed by atoms with Gasteiger partial charge in [-0.15, -0.1) is 0 Å². The van der Waals surface area contributed by atoms with Crippen molar-refractivity contribution >= 4 is 0 Å². The summed E-state index contributed by atoms with van der Waals surface area (Å²) in [4.78, 5) is 3.07. The molecule has 8 aromatic rings. The first-order valence-electron chi connectivity index (χ1n) is 17.6. The maximum Gasteiger partial charge on any atom is 0.0517 e. The molecule has 16 bridgehead atoms. The molecule has 0 unspecified atom stereocenters. The second-order valence-electron chi connectivity index (χ2n) is 13.3. The Morgan fingerprint density at radius 3 is 0.750 bits per heavy atom. The Kier molecular flexibility index (Phi) is 8.02. The molecule has 0 aromatic heterocycles. The Labute approximate surface area is 303 Å². The highest BCUT2D eigenvalue weighted by molar-refractivity contribution is 5.80. The Morgan fingerprint density at radius 2 is 0.500 bits per heavy atom. The quantitative estimate of drug-likeness (QED) is 0.100. The zero-order valence-electron chi connectivity index (χ0n) is 28.4. The zero-order chi connectivity index (χ0) is 34.9. The number of hydrogen-bond acceptors (Lipinski definition) is 1. The fraction of sp³-hybridized carbons (Fsp3) is 0.0204. The minimum atomic E-state index is 0.281. The van der Waals surface area contributed by atoms with E-state index in [4.69, 9.17) is 0 Å². The maximum atomic E-state index is 9.17. The van der Waals surface area contributed by atoms with Crippen molar-refractivity contribution in [2.75, 3.05) is 0 Å². The number of rotatable bonds is 2. The van der Waals surface area contributed by atoms with E-state index in [0.717, 1.165) is 44.5 Å². The van der Waals surface area contributed by atoms with Crippen LogP contribution in [0.2, 0.25) is 0 Å². The molecule has 0 N–H and O–H groups in total. The van der Waals surface area contributed by atoms with E-state index in [0.29, 0.717) is 0 Å². The van der Waals surface area contributed by atoms with Crippen molar-refractivity contribution in [1.82, 2.24) is 0 Å². The minimum Gasteiger partial charge on any atom is -0.0893 e. The summed E-state index contributed by atoms with van der Waals surface area (Å²) in [6.45, 7) is 0.281. The van der Waals surface area contributed by atoms with Crippen LogP contribution in [0.1, 0.15) is 5.56 Å². The average molecular weight is 664 g/mol. The van der Waals surface area contributed by atoms with E-state index >= 15 is 0 Å². The van der Waals surface area contributed by atoms with Gasteiger partial charge in [-0.1, -0.05) is 193 Å². The van der Waals surface area contributed by atoms with Crippen LogP contribution < -0.4 is 0 Å². The number of azide groups is 1. The zero-order valence-corrected chi connectivity index (χ0v) is 28.4. The number of nitrogens with zero attached hydrogens (tertiary/aromatic N) is 3. The van der Waals surface area contributed by atoms with Crippen LogP contribution in [0.4, 0.5) is 0 Å². The van der Waals surface area contributed by atoms with E-state index in [1.165, 1.54) is 50.1 Å². The van der Waals surface area contributed by atoms with Crippen molar-refractivity contribution < 1.29 is 0 Å². The van der Waals surface area contributed by atoms with Crippen LogP contribution in [0, 0.1) is 0 Å². The van der Waals surface area contributed by atoms with Crippen LogP contribution in [0.3, 0.4) is 0 Å². The van der Waals surface area contributed by atoms with Crippen LogP contribution in [0.15, 0.2) is 193 Å². The summed E-state index contributed by atoms with van der Waals surface area (Å²) in [5, 5.41) is 3.95. The summed E-state index contributed by atoms with van der Waals surface area (Å²) in [6, 6.07) is 67.8. The lowest BCUT2D eigenvalue weighted by atomic mass is 9.92. The minimum absolute atomic E-state index is 0.281. The smallest absolute Gasteiger partial charge is 0.0517 e. The van der Waals surface area contributed by atoms with Crippen LogP contribution in [-0.4, -0.2) is 0 Å². The Bertz CT molecular complexity index is 2560. The molecular formula is C49H33N3. The third-order valence-corrected chi connectivity index (χ3v) is 10.2. The standard InChI is InChI=1S/C49H33N3/c50-52-51-32-48-31-47-29-30-49(48)46-27-25-44(26-28-46)42-19-17-40(18-20-42)38-11-9-36(10-12-38)34-3-1-33(2-4-34)35-5-7-37(8-6-35)39-13-15-41(16-14-39)43-21-23-45(47)24-22-43/h1-31H,32H2. The third kappa shape index (κ3) is 6.07. The van der Waals surface area contributed by atoms with Gasteiger partial charge in [0.15, 0.2) is 0 Å². The third-order valence-electron chi connectivity index (χ3n) is 10.2. The molecule has 0 aliphatic heterocycles. The van der Waals surface area contributed by atoms with Crippen molar-refractivity contribution in [2.45, 2.75) is 6.54 Å². The molecule has 0 spiro atoms. The predicted molar refractivity (Wildman–Crippen MR) is 216 cm³/mol. The summed E-state index contributed by atoms with van der Waals surface area (Å²) in [5.41, 5.74) is 28.7. The van der Waals surface area contributed by atoms with E-state index in [2.05, 4.69) is 198 Å². The van der Waals surface area contributed by atoms with E-state index in [9.17, 15) is 5.53 Å². The van der Waals surface area contributed by atoms with Crippen LogP contribution in [-0.2, 0) is 6.54 Å². The van der Waals surface area contributed by atoms with Crippen molar-refractivity contribution in [1.29, 1.82) is 0 Å². The van der Waals surface area contributed by atoms with Gasteiger partial charge >= 0.3 is 0 Å².